The highest BCUT2D eigenvalue weighted by Gasteiger charge is 2.14. The number of rotatable bonds is 2. The third kappa shape index (κ3) is 1.96. The third-order valence-electron chi connectivity index (χ3n) is 2.05. The number of isocyanates is 1. The van der Waals surface area contributed by atoms with Crippen molar-refractivity contribution in [3.63, 3.8) is 0 Å². The van der Waals surface area contributed by atoms with Gasteiger partial charge in [0.2, 0.25) is 11.9 Å². The minimum Gasteiger partial charge on any atom is -0.353 e. The summed E-state index contributed by atoms with van der Waals surface area (Å²) >= 11 is 3.28. The monoisotopic (exact) mass is 278 g/mol. The fourth-order valence-corrected chi connectivity index (χ4v) is 1.81. The van der Waals surface area contributed by atoms with Crippen molar-refractivity contribution in [1.82, 2.24) is 5.16 Å². The van der Waals surface area contributed by atoms with Crippen molar-refractivity contribution < 1.29 is 9.32 Å². The van der Waals surface area contributed by atoms with Crippen molar-refractivity contribution in [2.24, 2.45) is 4.99 Å². The maximum Gasteiger partial charge on any atom is 0.242 e. The van der Waals surface area contributed by atoms with E-state index in [2.05, 4.69) is 26.1 Å². The van der Waals surface area contributed by atoms with Gasteiger partial charge in [0.05, 0.1) is 0 Å². The zero-order chi connectivity index (χ0) is 11.5. The Hall–Kier alpha value is -1.71. The molecule has 5 heteroatoms. The second-order valence-corrected chi connectivity index (χ2v) is 4.01. The zero-order valence-electron chi connectivity index (χ0n) is 8.40. The number of aryl methyl sites for hydroxylation is 1. The lowest BCUT2D eigenvalue weighted by molar-refractivity contribution is 0.434. The predicted octanol–water partition coefficient (Wildman–Crippen LogP) is 3.38. The van der Waals surface area contributed by atoms with Gasteiger partial charge < -0.3 is 4.52 Å². The van der Waals surface area contributed by atoms with Crippen molar-refractivity contribution in [3.8, 4) is 11.3 Å². The van der Waals surface area contributed by atoms with Crippen LogP contribution in [0.1, 0.15) is 5.56 Å². The lowest BCUT2D eigenvalue weighted by Crippen LogP contribution is -1.76. The summed E-state index contributed by atoms with van der Waals surface area (Å²) in [6.45, 7) is 1.98. The van der Waals surface area contributed by atoms with E-state index in [-0.39, 0.29) is 5.82 Å². The molecule has 0 radical (unpaired) electrons. The molecule has 0 aliphatic heterocycles. The second kappa shape index (κ2) is 4.43. The molecule has 0 atom stereocenters. The summed E-state index contributed by atoms with van der Waals surface area (Å²) < 4.78 is 5.68. The van der Waals surface area contributed by atoms with E-state index >= 15 is 0 Å². The summed E-state index contributed by atoms with van der Waals surface area (Å²) in [5.74, 6) is 0.754. The first-order valence-electron chi connectivity index (χ1n) is 4.52. The number of aromatic nitrogens is 1. The fraction of sp³-hybridized carbons (Fsp3) is 0.0909. The van der Waals surface area contributed by atoms with E-state index in [4.69, 9.17) is 4.52 Å². The van der Waals surface area contributed by atoms with Crippen LogP contribution >= 0.6 is 15.9 Å². The van der Waals surface area contributed by atoms with E-state index in [0.717, 1.165) is 11.1 Å². The van der Waals surface area contributed by atoms with Gasteiger partial charge in [-0.1, -0.05) is 28.9 Å². The van der Waals surface area contributed by atoms with E-state index in [9.17, 15) is 4.79 Å². The Morgan fingerprint density at radius 1 is 1.50 bits per heavy atom. The van der Waals surface area contributed by atoms with Crippen LogP contribution < -0.4 is 0 Å². The molecule has 80 valence electrons. The standard InChI is InChI=1S/C11H7BrN2O2/c1-7-3-2-4-8(5-7)10-9(12)11(13-6-15)14-16-10/h2-5H,1H3. The van der Waals surface area contributed by atoms with Crippen molar-refractivity contribution in [2.75, 3.05) is 0 Å². The van der Waals surface area contributed by atoms with Gasteiger partial charge in [0.15, 0.2) is 5.76 Å². The highest BCUT2D eigenvalue weighted by atomic mass is 79.9. The molecule has 0 unspecified atom stereocenters. The van der Waals surface area contributed by atoms with Crippen LogP contribution in [0.15, 0.2) is 38.3 Å². The Labute approximate surface area is 100 Å². The summed E-state index contributed by atoms with van der Waals surface area (Å²) in [5.41, 5.74) is 1.99. The first-order chi connectivity index (χ1) is 7.72. The number of nitrogens with zero attached hydrogens (tertiary/aromatic N) is 2. The summed E-state index contributed by atoms with van der Waals surface area (Å²) in [6, 6.07) is 7.76. The first kappa shape index (κ1) is 10.8. The average molecular weight is 279 g/mol. The molecule has 16 heavy (non-hydrogen) atoms. The molecule has 4 nitrogen and oxygen atoms in total. The van der Waals surface area contributed by atoms with Gasteiger partial charge in [-0.25, -0.2) is 4.79 Å². The van der Waals surface area contributed by atoms with Crippen LogP contribution in [0.3, 0.4) is 0 Å². The van der Waals surface area contributed by atoms with Gasteiger partial charge in [-0.15, -0.1) is 4.99 Å². The van der Waals surface area contributed by atoms with E-state index in [0.29, 0.717) is 10.2 Å². The molecule has 0 bridgehead atoms. The number of halogens is 1. The van der Waals surface area contributed by atoms with Crippen molar-refractivity contribution in [3.05, 3.63) is 34.3 Å². The molecular weight excluding hydrogens is 272 g/mol. The Balaban J connectivity index is 2.53. The van der Waals surface area contributed by atoms with Crippen LogP contribution in [0.5, 0.6) is 0 Å². The number of hydrogen-bond acceptors (Lipinski definition) is 4. The highest BCUT2D eigenvalue weighted by Crippen LogP contribution is 2.35. The first-order valence-corrected chi connectivity index (χ1v) is 5.31. The average Bonchev–Trinajstić information content (AvgIpc) is 2.61. The number of carbonyl (C=O) groups excluding carboxylic acids is 1. The van der Waals surface area contributed by atoms with Gasteiger partial charge >= 0.3 is 0 Å². The van der Waals surface area contributed by atoms with Crippen LogP contribution in [-0.4, -0.2) is 11.2 Å². The van der Waals surface area contributed by atoms with Crippen LogP contribution in [0.25, 0.3) is 11.3 Å². The molecule has 1 heterocycles. The molecule has 1 aromatic carbocycles. The Morgan fingerprint density at radius 2 is 2.31 bits per heavy atom. The topological polar surface area (TPSA) is 55.5 Å². The SMILES string of the molecule is Cc1cccc(-c2onc(N=C=O)c2Br)c1. The lowest BCUT2D eigenvalue weighted by Gasteiger charge is -1.97. The van der Waals surface area contributed by atoms with Gasteiger partial charge in [-0.2, -0.15) is 0 Å². The summed E-state index contributed by atoms with van der Waals surface area (Å²) in [4.78, 5) is 13.5. The maximum absolute atomic E-state index is 10.1. The highest BCUT2D eigenvalue weighted by molar-refractivity contribution is 9.10. The summed E-state index contributed by atoms with van der Waals surface area (Å²) in [6.07, 6.45) is 1.42. The summed E-state index contributed by atoms with van der Waals surface area (Å²) in [7, 11) is 0. The van der Waals surface area contributed by atoms with Crippen molar-refractivity contribution in [1.29, 1.82) is 0 Å². The lowest BCUT2D eigenvalue weighted by atomic mass is 10.1. The van der Waals surface area contributed by atoms with Crippen LogP contribution in [0.4, 0.5) is 5.82 Å². The largest absolute Gasteiger partial charge is 0.353 e. The van der Waals surface area contributed by atoms with E-state index < -0.39 is 0 Å². The molecule has 0 aliphatic carbocycles. The molecule has 0 saturated heterocycles. The molecule has 0 fully saturated rings. The van der Waals surface area contributed by atoms with E-state index in [1.165, 1.54) is 6.08 Å². The second-order valence-electron chi connectivity index (χ2n) is 3.22. The van der Waals surface area contributed by atoms with Gasteiger partial charge in [-0.05, 0) is 28.9 Å². The third-order valence-corrected chi connectivity index (χ3v) is 2.77. The molecule has 2 rings (SSSR count). The normalized spacial score (nSPS) is 9.88. The maximum atomic E-state index is 10.1. The molecule has 0 N–H and O–H groups in total. The quantitative estimate of drug-likeness (QED) is 0.625. The number of benzene rings is 1. The van der Waals surface area contributed by atoms with Gasteiger partial charge in [0.25, 0.3) is 0 Å². The Bertz CT molecular complexity index is 571. The van der Waals surface area contributed by atoms with Gasteiger partial charge in [0.1, 0.15) is 4.47 Å². The summed E-state index contributed by atoms with van der Waals surface area (Å²) in [5, 5.41) is 3.66. The van der Waals surface area contributed by atoms with Crippen molar-refractivity contribution >= 4 is 27.8 Å². The molecule has 0 amide bonds. The minimum absolute atomic E-state index is 0.200. The smallest absolute Gasteiger partial charge is 0.242 e. The Morgan fingerprint density at radius 3 is 3.00 bits per heavy atom. The Kier molecular flexibility index (Phi) is 2.99. The van der Waals surface area contributed by atoms with Crippen molar-refractivity contribution in [2.45, 2.75) is 6.92 Å². The molecule has 0 saturated carbocycles. The molecular formula is C11H7BrN2O2. The predicted molar refractivity (Wildman–Crippen MR) is 62.2 cm³/mol. The molecule has 1 aromatic heterocycles. The number of hydrogen-bond donors (Lipinski definition) is 0. The molecule has 2 aromatic rings. The van der Waals surface area contributed by atoms with Gasteiger partial charge in [-0.3, -0.25) is 0 Å². The van der Waals surface area contributed by atoms with Crippen LogP contribution in [0, 0.1) is 6.92 Å². The molecule has 0 aliphatic rings. The van der Waals surface area contributed by atoms with Crippen LogP contribution in [-0.2, 0) is 4.79 Å². The minimum atomic E-state index is 0.200. The fourth-order valence-electron chi connectivity index (χ4n) is 1.35. The van der Waals surface area contributed by atoms with E-state index in [1.807, 2.05) is 31.2 Å². The zero-order valence-corrected chi connectivity index (χ0v) is 9.98. The number of aliphatic imine (C=N–C) groups is 1. The van der Waals surface area contributed by atoms with E-state index in [1.54, 1.807) is 0 Å². The van der Waals surface area contributed by atoms with Crippen LogP contribution in [0.2, 0.25) is 0 Å². The van der Waals surface area contributed by atoms with Gasteiger partial charge in [0, 0.05) is 5.56 Å². The molecule has 0 spiro atoms.